The summed E-state index contributed by atoms with van der Waals surface area (Å²) in [7, 11) is 1.65. The van der Waals surface area contributed by atoms with E-state index in [9.17, 15) is 0 Å². The monoisotopic (exact) mass is 372 g/mol. The molecule has 1 aromatic heterocycles. The summed E-state index contributed by atoms with van der Waals surface area (Å²) in [5.74, 6) is 3.46. The Morgan fingerprint density at radius 2 is 2.28 bits per heavy atom. The predicted octanol–water partition coefficient (Wildman–Crippen LogP) is 2.54. The van der Waals surface area contributed by atoms with Gasteiger partial charge in [-0.25, -0.2) is 4.98 Å². The van der Waals surface area contributed by atoms with E-state index in [2.05, 4.69) is 44.5 Å². The molecule has 0 radical (unpaired) electrons. The van der Waals surface area contributed by atoms with Gasteiger partial charge in [0, 0.05) is 43.0 Å². The zero-order valence-corrected chi connectivity index (χ0v) is 15.7. The Hall–Kier alpha value is -2.11. The molecular weight excluding hydrogens is 352 g/mol. The van der Waals surface area contributed by atoms with Crippen LogP contribution in [-0.2, 0) is 12.3 Å². The summed E-state index contributed by atoms with van der Waals surface area (Å²) in [5.41, 5.74) is 3.58. The van der Waals surface area contributed by atoms with Crippen LogP contribution in [0.15, 0.2) is 40.5 Å². The Bertz CT molecular complexity index is 778. The van der Waals surface area contributed by atoms with Gasteiger partial charge in [-0.05, 0) is 0 Å². The zero-order valence-electron chi connectivity index (χ0n) is 14.0. The van der Waals surface area contributed by atoms with Gasteiger partial charge in [0.05, 0.1) is 11.4 Å². The molecule has 0 fully saturated rings. The summed E-state index contributed by atoms with van der Waals surface area (Å²) in [4.78, 5) is 8.83. The third-order valence-corrected chi connectivity index (χ3v) is 5.73. The summed E-state index contributed by atoms with van der Waals surface area (Å²) in [5, 5.41) is 15.4. The molecule has 2 heterocycles. The van der Waals surface area contributed by atoms with E-state index in [1.807, 2.05) is 35.8 Å². The number of hydrogen-bond acceptors (Lipinski definition) is 5. The number of nitrogens with zero attached hydrogens (tertiary/aromatic N) is 4. The minimum absolute atomic E-state index is 0.509. The van der Waals surface area contributed by atoms with Gasteiger partial charge in [-0.1, -0.05) is 42.1 Å². The second-order valence-electron chi connectivity index (χ2n) is 5.34. The van der Waals surface area contributed by atoms with Crippen molar-refractivity contribution < 1.29 is 0 Å². The van der Waals surface area contributed by atoms with Gasteiger partial charge in [0.15, 0.2) is 11.3 Å². The summed E-state index contributed by atoms with van der Waals surface area (Å²) in [6, 6.07) is 10.4. The first-order valence-corrected chi connectivity index (χ1v) is 10.2. The van der Waals surface area contributed by atoms with E-state index in [0.717, 1.165) is 41.2 Å². The van der Waals surface area contributed by atoms with Crippen molar-refractivity contribution >= 4 is 29.5 Å². The lowest BCUT2D eigenvalue weighted by Gasteiger charge is -2.09. The molecule has 130 valence electrons. The molecular formula is C17H20N6S2. The molecule has 0 bridgehead atoms. The number of nitriles is 1. The van der Waals surface area contributed by atoms with Gasteiger partial charge < -0.3 is 9.88 Å². The van der Waals surface area contributed by atoms with Crippen molar-refractivity contribution in [1.82, 2.24) is 20.2 Å². The van der Waals surface area contributed by atoms with Crippen LogP contribution < -0.4 is 10.6 Å². The average Bonchev–Trinajstić information content (AvgIpc) is 3.23. The number of nitrogens with one attached hydrogen (secondary N) is 2. The van der Waals surface area contributed by atoms with E-state index >= 15 is 0 Å². The Labute approximate surface area is 156 Å². The van der Waals surface area contributed by atoms with Gasteiger partial charge in [0.2, 0.25) is 5.96 Å². The first-order valence-electron chi connectivity index (χ1n) is 8.04. The first-order chi connectivity index (χ1) is 12.3. The van der Waals surface area contributed by atoms with Crippen LogP contribution >= 0.6 is 23.5 Å². The molecule has 0 atom stereocenters. The highest BCUT2D eigenvalue weighted by Crippen LogP contribution is 2.34. The fourth-order valence-corrected chi connectivity index (χ4v) is 4.50. The molecule has 0 saturated carbocycles. The Balaban J connectivity index is 1.62. The summed E-state index contributed by atoms with van der Waals surface area (Å²) < 4.78 is 2.35. The number of thioether (sulfide) groups is 2. The van der Waals surface area contributed by atoms with Crippen LogP contribution in [0.2, 0.25) is 0 Å². The molecule has 1 aliphatic rings. The van der Waals surface area contributed by atoms with Gasteiger partial charge in [0.25, 0.3) is 0 Å². The lowest BCUT2D eigenvalue weighted by Crippen LogP contribution is -2.35. The van der Waals surface area contributed by atoms with E-state index in [0.29, 0.717) is 5.96 Å². The average molecular weight is 373 g/mol. The summed E-state index contributed by atoms with van der Waals surface area (Å²) in [6.07, 6.45) is 1.87. The maximum absolute atomic E-state index is 8.63. The molecule has 3 rings (SSSR count). The second kappa shape index (κ2) is 8.83. The number of guanidine groups is 1. The second-order valence-corrected chi connectivity index (χ2v) is 7.51. The minimum atomic E-state index is 0.509. The van der Waals surface area contributed by atoms with Crippen molar-refractivity contribution in [1.29, 1.82) is 5.26 Å². The normalized spacial score (nSPS) is 13.4. The topological polar surface area (TPSA) is 78.0 Å². The third kappa shape index (κ3) is 4.30. The minimum Gasteiger partial charge on any atom is -0.355 e. The lowest BCUT2D eigenvalue weighted by atomic mass is 10.1. The van der Waals surface area contributed by atoms with Crippen molar-refractivity contribution in [3.05, 3.63) is 36.0 Å². The number of imidazole rings is 1. The first kappa shape index (κ1) is 17.7. The molecule has 0 spiro atoms. The molecule has 25 heavy (non-hydrogen) atoms. The number of hydrogen-bond donors (Lipinski definition) is 2. The number of benzene rings is 1. The van der Waals surface area contributed by atoms with Crippen molar-refractivity contribution in [2.24, 2.45) is 4.99 Å². The molecule has 6 nitrogen and oxygen atoms in total. The quantitative estimate of drug-likeness (QED) is 0.267. The van der Waals surface area contributed by atoms with Gasteiger partial charge in [-0.3, -0.25) is 10.3 Å². The summed E-state index contributed by atoms with van der Waals surface area (Å²) in [6.45, 7) is 1.79. The predicted molar refractivity (Wildman–Crippen MR) is 105 cm³/mol. The zero-order chi connectivity index (χ0) is 17.5. The van der Waals surface area contributed by atoms with E-state index in [-0.39, 0.29) is 0 Å². The highest BCUT2D eigenvalue weighted by molar-refractivity contribution is 7.99. The van der Waals surface area contributed by atoms with Gasteiger partial charge in [0.1, 0.15) is 0 Å². The molecule has 1 aliphatic heterocycles. The van der Waals surface area contributed by atoms with Crippen LogP contribution in [0.5, 0.6) is 0 Å². The maximum atomic E-state index is 8.63. The molecule has 1 aromatic carbocycles. The number of aliphatic imine (C=N–C) groups is 1. The standard InChI is InChI=1S/C17H20N6S2/c1-19-16(21-12-18)20-7-9-24-11-14-15(13-5-3-2-4-6-13)22-17-23(14)8-10-25-17/h2-6H,7-11H2,1H3,(H2,19,20,21). The Morgan fingerprint density at radius 1 is 1.44 bits per heavy atom. The molecule has 2 N–H and O–H groups in total. The van der Waals surface area contributed by atoms with Crippen LogP contribution in [0.25, 0.3) is 11.3 Å². The maximum Gasteiger partial charge on any atom is 0.204 e. The third-order valence-electron chi connectivity index (χ3n) is 3.81. The van der Waals surface area contributed by atoms with E-state index in [1.165, 1.54) is 11.3 Å². The van der Waals surface area contributed by atoms with Crippen LogP contribution in [0.1, 0.15) is 5.69 Å². The van der Waals surface area contributed by atoms with Crippen LogP contribution in [-0.4, -0.2) is 40.6 Å². The molecule has 0 saturated heterocycles. The molecule has 2 aromatic rings. The molecule has 0 amide bonds. The lowest BCUT2D eigenvalue weighted by molar-refractivity contribution is 0.695. The Kier molecular flexibility index (Phi) is 6.25. The summed E-state index contributed by atoms with van der Waals surface area (Å²) >= 11 is 3.69. The van der Waals surface area contributed by atoms with Crippen molar-refractivity contribution in [2.75, 3.05) is 25.1 Å². The highest BCUT2D eigenvalue weighted by Gasteiger charge is 2.22. The van der Waals surface area contributed by atoms with Crippen molar-refractivity contribution in [3.8, 4) is 17.5 Å². The van der Waals surface area contributed by atoms with Gasteiger partial charge in [-0.2, -0.15) is 17.0 Å². The van der Waals surface area contributed by atoms with Crippen LogP contribution in [0.3, 0.4) is 0 Å². The fourth-order valence-electron chi connectivity index (χ4n) is 2.65. The van der Waals surface area contributed by atoms with Gasteiger partial charge in [-0.15, -0.1) is 0 Å². The van der Waals surface area contributed by atoms with Crippen molar-refractivity contribution in [2.45, 2.75) is 17.5 Å². The van der Waals surface area contributed by atoms with Crippen LogP contribution in [0.4, 0.5) is 0 Å². The fraction of sp³-hybridized carbons (Fsp3) is 0.353. The molecule has 0 unspecified atom stereocenters. The highest BCUT2D eigenvalue weighted by atomic mass is 32.2. The van der Waals surface area contributed by atoms with E-state index in [1.54, 1.807) is 7.05 Å². The number of fused-ring (bicyclic) bond motifs is 1. The van der Waals surface area contributed by atoms with Crippen LogP contribution in [0, 0.1) is 11.5 Å². The van der Waals surface area contributed by atoms with Crippen molar-refractivity contribution in [3.63, 3.8) is 0 Å². The molecule has 0 aliphatic carbocycles. The number of rotatable bonds is 6. The molecule has 8 heteroatoms. The van der Waals surface area contributed by atoms with Gasteiger partial charge >= 0.3 is 0 Å². The van der Waals surface area contributed by atoms with E-state index < -0.39 is 0 Å². The van der Waals surface area contributed by atoms with E-state index in [4.69, 9.17) is 10.2 Å². The number of aromatic nitrogens is 2. The SMILES string of the molecule is CN=C(NC#N)NCCSCc1c(-c2ccccc2)nc2n1CCS2. The largest absolute Gasteiger partial charge is 0.355 e. The Morgan fingerprint density at radius 3 is 3.04 bits per heavy atom. The smallest absolute Gasteiger partial charge is 0.204 e.